The molecule has 25 heavy (non-hydrogen) atoms. The maximum absolute atomic E-state index is 9.55. The second-order valence-electron chi connectivity index (χ2n) is 6.35. The molecular formula is C19H28N2O4. The molecule has 2 rings (SSSR count). The maximum atomic E-state index is 9.55. The molecule has 1 aromatic rings. The molecule has 1 fully saturated rings. The van der Waals surface area contributed by atoms with Crippen LogP contribution in [0.2, 0.25) is 0 Å². The Balaban J connectivity index is 0.000000333. The van der Waals surface area contributed by atoms with Crippen LogP contribution < -0.4 is 5.32 Å². The number of carboxylic acids is 2. The lowest BCUT2D eigenvalue weighted by molar-refractivity contribution is -0.134. The summed E-state index contributed by atoms with van der Waals surface area (Å²) >= 11 is 0. The summed E-state index contributed by atoms with van der Waals surface area (Å²) in [5.74, 6) is -2.51. The number of aliphatic carboxylic acids is 2. The zero-order valence-electron chi connectivity index (χ0n) is 14.9. The van der Waals surface area contributed by atoms with Gasteiger partial charge in [-0.05, 0) is 45.3 Å². The van der Waals surface area contributed by atoms with Gasteiger partial charge in [0.05, 0.1) is 0 Å². The topological polar surface area (TPSA) is 89.9 Å². The van der Waals surface area contributed by atoms with E-state index in [4.69, 9.17) is 10.2 Å². The van der Waals surface area contributed by atoms with E-state index >= 15 is 0 Å². The Labute approximate surface area is 149 Å². The normalized spacial score (nSPS) is 20.1. The molecular weight excluding hydrogens is 320 g/mol. The van der Waals surface area contributed by atoms with Gasteiger partial charge >= 0.3 is 11.9 Å². The highest BCUT2D eigenvalue weighted by atomic mass is 16.4. The first-order valence-corrected chi connectivity index (χ1v) is 8.46. The summed E-state index contributed by atoms with van der Waals surface area (Å²) in [6.45, 7) is 1.01. The first kappa shape index (κ1) is 20.9. The standard InChI is InChI=1S/C15H24N2.C4H4O4/c1-17(2)15-10-8-14(9-11-15)16-12-13-6-4-3-5-7-13;5-3(6)1-2-4(7)8/h3-7,14-16H,8-12H2,1-2H3;1-2H,(H,5,6)(H,7,8)/b;2-1+. The molecule has 0 saturated heterocycles. The zero-order chi connectivity index (χ0) is 18.7. The molecule has 6 nitrogen and oxygen atoms in total. The Hall–Kier alpha value is -2.18. The molecule has 1 aliphatic carbocycles. The Morgan fingerprint density at radius 3 is 2.00 bits per heavy atom. The lowest BCUT2D eigenvalue weighted by Gasteiger charge is -2.33. The van der Waals surface area contributed by atoms with Crippen LogP contribution in [-0.2, 0) is 16.1 Å². The summed E-state index contributed by atoms with van der Waals surface area (Å²) in [5, 5.41) is 19.3. The molecule has 0 amide bonds. The van der Waals surface area contributed by atoms with Crippen LogP contribution in [0.3, 0.4) is 0 Å². The van der Waals surface area contributed by atoms with E-state index in [1.54, 1.807) is 0 Å². The van der Waals surface area contributed by atoms with Gasteiger partial charge in [-0.25, -0.2) is 9.59 Å². The lowest BCUT2D eigenvalue weighted by atomic mass is 9.90. The van der Waals surface area contributed by atoms with Crippen LogP contribution in [0.15, 0.2) is 42.5 Å². The summed E-state index contributed by atoms with van der Waals surface area (Å²) < 4.78 is 0. The van der Waals surface area contributed by atoms with Crippen LogP contribution in [0.4, 0.5) is 0 Å². The molecule has 0 unspecified atom stereocenters. The highest BCUT2D eigenvalue weighted by Gasteiger charge is 2.21. The molecule has 138 valence electrons. The highest BCUT2D eigenvalue weighted by Crippen LogP contribution is 2.21. The molecule has 0 spiro atoms. The summed E-state index contributed by atoms with van der Waals surface area (Å²) in [5.41, 5.74) is 1.39. The van der Waals surface area contributed by atoms with Crippen molar-refractivity contribution in [2.75, 3.05) is 14.1 Å². The summed E-state index contributed by atoms with van der Waals surface area (Å²) in [4.78, 5) is 21.5. The van der Waals surface area contributed by atoms with E-state index in [-0.39, 0.29) is 0 Å². The van der Waals surface area contributed by atoms with Gasteiger partial charge in [0, 0.05) is 30.8 Å². The van der Waals surface area contributed by atoms with Crippen molar-refractivity contribution in [1.29, 1.82) is 0 Å². The van der Waals surface area contributed by atoms with Gasteiger partial charge in [-0.1, -0.05) is 30.3 Å². The van der Waals surface area contributed by atoms with Gasteiger partial charge in [0.2, 0.25) is 0 Å². The molecule has 1 saturated carbocycles. The minimum absolute atomic E-state index is 0.558. The van der Waals surface area contributed by atoms with Crippen molar-refractivity contribution >= 4 is 11.9 Å². The Bertz CT molecular complexity index is 534. The van der Waals surface area contributed by atoms with Crippen molar-refractivity contribution in [2.24, 2.45) is 0 Å². The van der Waals surface area contributed by atoms with Crippen molar-refractivity contribution in [3.05, 3.63) is 48.0 Å². The van der Waals surface area contributed by atoms with Gasteiger partial charge in [0.15, 0.2) is 0 Å². The Kier molecular flexibility index (Phi) is 9.50. The maximum Gasteiger partial charge on any atom is 0.328 e. The highest BCUT2D eigenvalue weighted by molar-refractivity contribution is 5.89. The third kappa shape index (κ3) is 9.64. The molecule has 0 aliphatic heterocycles. The summed E-state index contributed by atoms with van der Waals surface area (Å²) in [6.07, 6.45) is 6.41. The SMILES string of the molecule is CN(C)C1CCC(NCc2ccccc2)CC1.O=C(O)/C=C/C(=O)O. The second-order valence-corrected chi connectivity index (χ2v) is 6.35. The predicted octanol–water partition coefficient (Wildman–Crippen LogP) is 2.36. The fourth-order valence-electron chi connectivity index (χ4n) is 2.80. The van der Waals surface area contributed by atoms with Crippen LogP contribution in [0, 0.1) is 0 Å². The fourth-order valence-corrected chi connectivity index (χ4v) is 2.80. The molecule has 6 heteroatoms. The van der Waals surface area contributed by atoms with E-state index in [1.807, 2.05) is 0 Å². The molecule has 1 aromatic carbocycles. The molecule has 0 radical (unpaired) electrons. The molecule has 0 bridgehead atoms. The first-order valence-electron chi connectivity index (χ1n) is 8.46. The minimum atomic E-state index is -1.26. The van der Waals surface area contributed by atoms with Crippen LogP contribution >= 0.6 is 0 Å². The van der Waals surface area contributed by atoms with Gasteiger partial charge in [-0.2, -0.15) is 0 Å². The number of nitrogens with zero attached hydrogens (tertiary/aromatic N) is 1. The van der Waals surface area contributed by atoms with Gasteiger partial charge in [-0.15, -0.1) is 0 Å². The van der Waals surface area contributed by atoms with Crippen molar-refractivity contribution in [3.63, 3.8) is 0 Å². The molecule has 3 N–H and O–H groups in total. The van der Waals surface area contributed by atoms with Crippen LogP contribution in [0.25, 0.3) is 0 Å². The molecule has 0 atom stereocenters. The van der Waals surface area contributed by atoms with Crippen molar-refractivity contribution in [3.8, 4) is 0 Å². The Morgan fingerprint density at radius 2 is 1.56 bits per heavy atom. The second kappa shape index (κ2) is 11.4. The van der Waals surface area contributed by atoms with Crippen LogP contribution in [-0.4, -0.2) is 53.2 Å². The fraction of sp³-hybridized carbons (Fsp3) is 0.474. The molecule has 1 aliphatic rings. The van der Waals surface area contributed by atoms with E-state index in [0.717, 1.165) is 12.6 Å². The number of hydrogen-bond donors (Lipinski definition) is 3. The smallest absolute Gasteiger partial charge is 0.328 e. The third-order valence-corrected chi connectivity index (χ3v) is 4.23. The summed E-state index contributed by atoms with van der Waals surface area (Å²) in [6, 6.07) is 12.2. The lowest BCUT2D eigenvalue weighted by Crippen LogP contribution is -2.39. The molecule has 0 heterocycles. The van der Waals surface area contributed by atoms with Crippen LogP contribution in [0.1, 0.15) is 31.2 Å². The third-order valence-electron chi connectivity index (χ3n) is 4.23. The van der Waals surface area contributed by atoms with Gasteiger partial charge < -0.3 is 20.4 Å². The zero-order valence-corrected chi connectivity index (χ0v) is 14.9. The Morgan fingerprint density at radius 1 is 1.04 bits per heavy atom. The number of benzene rings is 1. The van der Waals surface area contributed by atoms with Crippen LogP contribution in [0.5, 0.6) is 0 Å². The quantitative estimate of drug-likeness (QED) is 0.684. The molecule has 0 aromatic heterocycles. The largest absolute Gasteiger partial charge is 0.478 e. The van der Waals surface area contributed by atoms with Gasteiger partial charge in [0.25, 0.3) is 0 Å². The number of carbonyl (C=O) groups is 2. The predicted molar refractivity (Wildman–Crippen MR) is 97.4 cm³/mol. The average Bonchev–Trinajstić information content (AvgIpc) is 2.60. The van der Waals surface area contributed by atoms with E-state index in [2.05, 4.69) is 54.6 Å². The van der Waals surface area contributed by atoms with E-state index in [0.29, 0.717) is 18.2 Å². The number of carboxylic acid groups (broad SMARTS) is 2. The van der Waals surface area contributed by atoms with Crippen molar-refractivity contribution < 1.29 is 19.8 Å². The number of rotatable bonds is 6. The van der Waals surface area contributed by atoms with Gasteiger partial charge in [-0.3, -0.25) is 0 Å². The first-order chi connectivity index (χ1) is 11.9. The van der Waals surface area contributed by atoms with E-state index < -0.39 is 11.9 Å². The van der Waals surface area contributed by atoms with E-state index in [9.17, 15) is 9.59 Å². The average molecular weight is 348 g/mol. The summed E-state index contributed by atoms with van der Waals surface area (Å²) in [7, 11) is 4.39. The van der Waals surface area contributed by atoms with Gasteiger partial charge in [0.1, 0.15) is 0 Å². The number of nitrogens with one attached hydrogen (secondary N) is 1. The monoisotopic (exact) mass is 348 g/mol. The van der Waals surface area contributed by atoms with Crippen molar-refractivity contribution in [1.82, 2.24) is 10.2 Å². The number of hydrogen-bond acceptors (Lipinski definition) is 4. The van der Waals surface area contributed by atoms with E-state index in [1.165, 1.54) is 31.2 Å². The van der Waals surface area contributed by atoms with Crippen molar-refractivity contribution in [2.45, 2.75) is 44.3 Å². The minimum Gasteiger partial charge on any atom is -0.478 e.